The van der Waals surface area contributed by atoms with Crippen molar-refractivity contribution in [3.8, 4) is 0 Å². The summed E-state index contributed by atoms with van der Waals surface area (Å²) in [4.78, 5) is 25.0. The third-order valence-electron chi connectivity index (χ3n) is 3.95. The van der Waals surface area contributed by atoms with Gasteiger partial charge in [-0.05, 0) is 32.7 Å². The molecule has 0 saturated carbocycles. The van der Waals surface area contributed by atoms with Crippen LogP contribution >= 0.6 is 0 Å². The van der Waals surface area contributed by atoms with E-state index in [0.29, 0.717) is 19.5 Å². The van der Waals surface area contributed by atoms with E-state index in [1.165, 1.54) is 0 Å². The van der Waals surface area contributed by atoms with Crippen LogP contribution < -0.4 is 5.32 Å². The molecule has 0 aromatic carbocycles. The zero-order valence-corrected chi connectivity index (χ0v) is 10.2. The highest BCUT2D eigenvalue weighted by atomic mass is 16.4. The lowest BCUT2D eigenvalue weighted by Gasteiger charge is -2.27. The molecule has 2 N–H and O–H groups in total. The second-order valence-corrected chi connectivity index (χ2v) is 5.42. The van der Waals surface area contributed by atoms with Crippen LogP contribution in [0, 0.1) is 11.3 Å². The minimum absolute atomic E-state index is 0.0416. The van der Waals surface area contributed by atoms with Gasteiger partial charge in [0.25, 0.3) is 0 Å². The number of aliphatic carboxylic acids is 1. The minimum Gasteiger partial charge on any atom is -0.481 e. The van der Waals surface area contributed by atoms with Crippen molar-refractivity contribution in [2.75, 3.05) is 26.2 Å². The zero-order valence-electron chi connectivity index (χ0n) is 10.2. The monoisotopic (exact) mass is 240 g/mol. The third kappa shape index (κ3) is 2.44. The average Bonchev–Trinajstić information content (AvgIpc) is 2.74. The number of carbonyl (C=O) groups excluding carboxylic acids is 1. The first-order valence-corrected chi connectivity index (χ1v) is 6.26. The number of rotatable bonds is 2. The largest absolute Gasteiger partial charge is 0.481 e. The van der Waals surface area contributed by atoms with Crippen LogP contribution in [-0.2, 0) is 9.59 Å². The van der Waals surface area contributed by atoms with Gasteiger partial charge in [0.05, 0.1) is 11.3 Å². The van der Waals surface area contributed by atoms with Crippen LogP contribution in [0.1, 0.15) is 26.2 Å². The smallest absolute Gasteiger partial charge is 0.311 e. The Morgan fingerprint density at radius 3 is 2.76 bits per heavy atom. The molecule has 0 spiro atoms. The quantitative estimate of drug-likeness (QED) is 0.729. The first kappa shape index (κ1) is 12.4. The molecule has 0 aromatic heterocycles. The number of piperidine rings is 1. The molecule has 2 aliphatic rings. The molecular weight excluding hydrogens is 220 g/mol. The Morgan fingerprint density at radius 1 is 1.47 bits per heavy atom. The lowest BCUT2D eigenvalue weighted by molar-refractivity contribution is -0.147. The normalized spacial score (nSPS) is 33.7. The average molecular weight is 240 g/mol. The highest BCUT2D eigenvalue weighted by Crippen LogP contribution is 2.31. The molecule has 2 fully saturated rings. The van der Waals surface area contributed by atoms with Crippen molar-refractivity contribution >= 4 is 11.9 Å². The molecule has 2 rings (SSSR count). The van der Waals surface area contributed by atoms with Gasteiger partial charge in [0.15, 0.2) is 0 Å². The molecule has 2 atom stereocenters. The summed E-state index contributed by atoms with van der Waals surface area (Å²) in [6, 6.07) is 0. The number of carboxylic acids is 1. The molecule has 2 heterocycles. The number of carboxylic acid groups (broad SMARTS) is 1. The molecule has 0 aromatic rings. The number of carbonyl (C=O) groups is 2. The molecule has 2 saturated heterocycles. The van der Waals surface area contributed by atoms with Gasteiger partial charge in [0.2, 0.25) is 5.91 Å². The van der Waals surface area contributed by atoms with Crippen LogP contribution in [0.3, 0.4) is 0 Å². The van der Waals surface area contributed by atoms with E-state index in [2.05, 4.69) is 5.32 Å². The second-order valence-electron chi connectivity index (χ2n) is 5.42. The summed E-state index contributed by atoms with van der Waals surface area (Å²) in [7, 11) is 0. The maximum Gasteiger partial charge on any atom is 0.311 e. The van der Waals surface area contributed by atoms with Crippen LogP contribution in [0.15, 0.2) is 0 Å². The molecule has 17 heavy (non-hydrogen) atoms. The van der Waals surface area contributed by atoms with Gasteiger partial charge in [-0.2, -0.15) is 0 Å². The summed E-state index contributed by atoms with van der Waals surface area (Å²) in [6.07, 6.45) is 2.51. The van der Waals surface area contributed by atoms with Crippen LogP contribution in [0.5, 0.6) is 0 Å². The van der Waals surface area contributed by atoms with Gasteiger partial charge >= 0.3 is 5.97 Å². The Bertz CT molecular complexity index is 326. The highest BCUT2D eigenvalue weighted by molar-refractivity contribution is 5.82. The van der Waals surface area contributed by atoms with Crippen molar-refractivity contribution in [3.05, 3.63) is 0 Å². The predicted octanol–water partition coefficient (Wildman–Crippen LogP) is 0.309. The molecule has 1 amide bonds. The van der Waals surface area contributed by atoms with Crippen LogP contribution in [0.2, 0.25) is 0 Å². The van der Waals surface area contributed by atoms with Gasteiger partial charge < -0.3 is 15.3 Å². The Morgan fingerprint density at radius 2 is 2.24 bits per heavy atom. The number of likely N-dealkylation sites (tertiary alicyclic amines) is 1. The third-order valence-corrected chi connectivity index (χ3v) is 3.95. The Hall–Kier alpha value is -1.10. The van der Waals surface area contributed by atoms with E-state index in [0.717, 1.165) is 25.9 Å². The van der Waals surface area contributed by atoms with E-state index in [-0.39, 0.29) is 11.8 Å². The first-order valence-electron chi connectivity index (χ1n) is 6.26. The summed E-state index contributed by atoms with van der Waals surface area (Å²) in [5.74, 6) is -0.628. The van der Waals surface area contributed by atoms with Gasteiger partial charge in [-0.15, -0.1) is 0 Å². The molecule has 2 aliphatic heterocycles. The summed E-state index contributed by atoms with van der Waals surface area (Å²) < 4.78 is 0. The highest BCUT2D eigenvalue weighted by Gasteiger charge is 2.43. The fourth-order valence-electron chi connectivity index (χ4n) is 2.64. The van der Waals surface area contributed by atoms with Crippen molar-refractivity contribution < 1.29 is 14.7 Å². The molecule has 0 bridgehead atoms. The maximum atomic E-state index is 12.2. The molecule has 96 valence electrons. The van der Waals surface area contributed by atoms with E-state index >= 15 is 0 Å². The van der Waals surface area contributed by atoms with Crippen LogP contribution in [0.4, 0.5) is 0 Å². The van der Waals surface area contributed by atoms with E-state index in [1.807, 2.05) is 0 Å². The maximum absolute atomic E-state index is 12.2. The summed E-state index contributed by atoms with van der Waals surface area (Å²) in [6.45, 7) is 4.38. The summed E-state index contributed by atoms with van der Waals surface area (Å²) in [5.41, 5.74) is -0.752. The second kappa shape index (κ2) is 4.64. The van der Waals surface area contributed by atoms with E-state index in [4.69, 9.17) is 5.11 Å². The van der Waals surface area contributed by atoms with Crippen molar-refractivity contribution in [1.29, 1.82) is 0 Å². The van der Waals surface area contributed by atoms with Crippen LogP contribution in [0.25, 0.3) is 0 Å². The lowest BCUT2D eigenvalue weighted by Crippen LogP contribution is -2.43. The molecule has 5 nitrogen and oxygen atoms in total. The van der Waals surface area contributed by atoms with Crippen molar-refractivity contribution in [3.63, 3.8) is 0 Å². The van der Waals surface area contributed by atoms with E-state index in [9.17, 15) is 9.59 Å². The first-order chi connectivity index (χ1) is 8.03. The fourth-order valence-corrected chi connectivity index (χ4v) is 2.64. The van der Waals surface area contributed by atoms with E-state index in [1.54, 1.807) is 11.8 Å². The topological polar surface area (TPSA) is 69.6 Å². The Labute approximate surface area is 101 Å². The van der Waals surface area contributed by atoms with E-state index < -0.39 is 11.4 Å². The van der Waals surface area contributed by atoms with Gasteiger partial charge in [0, 0.05) is 19.6 Å². The van der Waals surface area contributed by atoms with Gasteiger partial charge in [-0.3, -0.25) is 9.59 Å². The zero-order chi connectivity index (χ0) is 12.5. The number of nitrogens with one attached hydrogen (secondary N) is 1. The van der Waals surface area contributed by atoms with Gasteiger partial charge in [0.1, 0.15) is 0 Å². The predicted molar refractivity (Wildman–Crippen MR) is 62.5 cm³/mol. The number of hydrogen-bond donors (Lipinski definition) is 2. The molecule has 5 heteroatoms. The molecule has 1 unspecified atom stereocenters. The molecule has 0 radical (unpaired) electrons. The fraction of sp³-hybridized carbons (Fsp3) is 0.833. The lowest BCUT2D eigenvalue weighted by atomic mass is 9.90. The molecule has 0 aliphatic carbocycles. The standard InChI is InChI=1S/C12H20N2O3/c1-12(11(16)17)4-6-14(8-12)10(15)9-3-2-5-13-7-9/h9,13H,2-8H2,1H3,(H,16,17)/t9-,12?/m1/s1. The molecular formula is C12H20N2O3. The summed E-state index contributed by atoms with van der Waals surface area (Å²) >= 11 is 0. The van der Waals surface area contributed by atoms with Crippen molar-refractivity contribution in [2.24, 2.45) is 11.3 Å². The Balaban J connectivity index is 1.95. The summed E-state index contributed by atoms with van der Waals surface area (Å²) in [5, 5.41) is 12.4. The number of nitrogens with zero attached hydrogens (tertiary/aromatic N) is 1. The van der Waals surface area contributed by atoms with Gasteiger partial charge in [-0.1, -0.05) is 0 Å². The number of amides is 1. The van der Waals surface area contributed by atoms with Crippen molar-refractivity contribution in [1.82, 2.24) is 10.2 Å². The van der Waals surface area contributed by atoms with Gasteiger partial charge in [-0.25, -0.2) is 0 Å². The SMILES string of the molecule is CC1(C(=O)O)CCN(C(=O)[C@@H]2CCCNC2)C1. The number of hydrogen-bond acceptors (Lipinski definition) is 3. The van der Waals surface area contributed by atoms with Crippen molar-refractivity contribution in [2.45, 2.75) is 26.2 Å². The van der Waals surface area contributed by atoms with Crippen LogP contribution in [-0.4, -0.2) is 48.1 Å². The Kier molecular flexibility index (Phi) is 3.38. The minimum atomic E-state index is -0.797.